The average Bonchev–Trinajstić information content (AvgIpc) is 2.32. The van der Waals surface area contributed by atoms with Crippen molar-refractivity contribution in [1.29, 1.82) is 0 Å². The van der Waals surface area contributed by atoms with Gasteiger partial charge in [-0.15, -0.1) is 0 Å². The fraction of sp³-hybridized carbons (Fsp3) is 1.00. The Morgan fingerprint density at radius 2 is 2.09 bits per heavy atom. The zero-order chi connectivity index (χ0) is 7.68. The van der Waals surface area contributed by atoms with Gasteiger partial charge in [0.1, 0.15) is 0 Å². The standard InChI is InChI=1S/C9H18N2/c1-10-8-3-4-9(7-8)11-5-2-6-11/h8-10H,2-7H2,1H3. The zero-order valence-electron chi connectivity index (χ0n) is 7.34. The molecule has 1 N–H and O–H groups in total. The molecule has 64 valence electrons. The SMILES string of the molecule is CNC1CCC(N2CCC2)C1. The lowest BCUT2D eigenvalue weighted by atomic mass is 10.1. The molecule has 2 unspecified atom stereocenters. The minimum Gasteiger partial charge on any atom is -0.317 e. The van der Waals surface area contributed by atoms with Crippen molar-refractivity contribution in [3.05, 3.63) is 0 Å². The van der Waals surface area contributed by atoms with Crippen LogP contribution in [0.15, 0.2) is 0 Å². The average molecular weight is 154 g/mol. The van der Waals surface area contributed by atoms with Crippen LogP contribution >= 0.6 is 0 Å². The van der Waals surface area contributed by atoms with Crippen molar-refractivity contribution in [1.82, 2.24) is 10.2 Å². The van der Waals surface area contributed by atoms with Crippen LogP contribution in [0.4, 0.5) is 0 Å². The van der Waals surface area contributed by atoms with Gasteiger partial charge in [0, 0.05) is 12.1 Å². The molecule has 2 aliphatic rings. The van der Waals surface area contributed by atoms with Crippen LogP contribution in [0, 0.1) is 0 Å². The molecule has 2 heteroatoms. The molecule has 2 rings (SSSR count). The number of rotatable bonds is 2. The van der Waals surface area contributed by atoms with Crippen molar-refractivity contribution in [2.24, 2.45) is 0 Å². The van der Waals surface area contributed by atoms with Crippen LogP contribution in [0.5, 0.6) is 0 Å². The molecule has 1 saturated carbocycles. The van der Waals surface area contributed by atoms with Gasteiger partial charge in [-0.1, -0.05) is 0 Å². The highest BCUT2D eigenvalue weighted by Crippen LogP contribution is 2.26. The summed E-state index contributed by atoms with van der Waals surface area (Å²) >= 11 is 0. The summed E-state index contributed by atoms with van der Waals surface area (Å²) in [5, 5.41) is 3.37. The Hall–Kier alpha value is -0.0800. The van der Waals surface area contributed by atoms with Gasteiger partial charge in [-0.25, -0.2) is 0 Å². The molecule has 0 bridgehead atoms. The second-order valence-electron chi connectivity index (χ2n) is 3.84. The van der Waals surface area contributed by atoms with Crippen LogP contribution in [0.1, 0.15) is 25.7 Å². The van der Waals surface area contributed by atoms with Gasteiger partial charge in [0.05, 0.1) is 0 Å². The van der Waals surface area contributed by atoms with Crippen LogP contribution < -0.4 is 5.32 Å². The number of nitrogens with zero attached hydrogens (tertiary/aromatic N) is 1. The van der Waals surface area contributed by atoms with Gasteiger partial charge in [0.15, 0.2) is 0 Å². The Kier molecular flexibility index (Phi) is 2.14. The second kappa shape index (κ2) is 3.11. The molecule has 0 aromatic rings. The van der Waals surface area contributed by atoms with Gasteiger partial charge in [-0.2, -0.15) is 0 Å². The lowest BCUT2D eigenvalue weighted by Gasteiger charge is -2.36. The first-order chi connectivity index (χ1) is 5.40. The van der Waals surface area contributed by atoms with Gasteiger partial charge < -0.3 is 10.2 Å². The van der Waals surface area contributed by atoms with E-state index in [-0.39, 0.29) is 0 Å². The largest absolute Gasteiger partial charge is 0.317 e. The molecule has 1 aliphatic carbocycles. The maximum Gasteiger partial charge on any atom is 0.0111 e. The highest BCUT2D eigenvalue weighted by atomic mass is 15.2. The van der Waals surface area contributed by atoms with E-state index in [2.05, 4.69) is 17.3 Å². The summed E-state index contributed by atoms with van der Waals surface area (Å²) in [6.07, 6.45) is 5.63. The maximum atomic E-state index is 3.37. The molecular formula is C9H18N2. The minimum atomic E-state index is 0.806. The first-order valence-corrected chi connectivity index (χ1v) is 4.81. The van der Waals surface area contributed by atoms with E-state index in [1.807, 2.05) is 0 Å². The van der Waals surface area contributed by atoms with Gasteiger partial charge >= 0.3 is 0 Å². The highest BCUT2D eigenvalue weighted by Gasteiger charge is 2.30. The van der Waals surface area contributed by atoms with Gasteiger partial charge in [0.25, 0.3) is 0 Å². The van der Waals surface area contributed by atoms with Crippen LogP contribution in [-0.4, -0.2) is 37.1 Å². The van der Waals surface area contributed by atoms with Crippen molar-refractivity contribution in [3.63, 3.8) is 0 Å². The van der Waals surface area contributed by atoms with E-state index >= 15 is 0 Å². The molecule has 11 heavy (non-hydrogen) atoms. The molecule has 0 radical (unpaired) electrons. The third-order valence-electron chi connectivity index (χ3n) is 3.22. The molecule has 1 aliphatic heterocycles. The smallest absolute Gasteiger partial charge is 0.0111 e. The number of likely N-dealkylation sites (tertiary alicyclic amines) is 1. The van der Waals surface area contributed by atoms with Crippen LogP contribution in [0.2, 0.25) is 0 Å². The highest BCUT2D eigenvalue weighted by molar-refractivity contribution is 4.88. The molecule has 2 atom stereocenters. The van der Waals surface area contributed by atoms with E-state index in [9.17, 15) is 0 Å². The quantitative estimate of drug-likeness (QED) is 0.634. The van der Waals surface area contributed by atoms with E-state index < -0.39 is 0 Å². The third-order valence-corrected chi connectivity index (χ3v) is 3.22. The summed E-state index contributed by atoms with van der Waals surface area (Å²) < 4.78 is 0. The molecule has 1 heterocycles. The minimum absolute atomic E-state index is 0.806. The maximum absolute atomic E-state index is 3.37. The molecule has 0 spiro atoms. The zero-order valence-corrected chi connectivity index (χ0v) is 7.34. The Morgan fingerprint density at radius 3 is 2.55 bits per heavy atom. The third kappa shape index (κ3) is 1.42. The van der Waals surface area contributed by atoms with E-state index in [1.54, 1.807) is 0 Å². The summed E-state index contributed by atoms with van der Waals surface area (Å²) in [5.41, 5.74) is 0. The Bertz CT molecular complexity index is 132. The lowest BCUT2D eigenvalue weighted by Crippen LogP contribution is -2.44. The van der Waals surface area contributed by atoms with Crippen molar-refractivity contribution in [2.75, 3.05) is 20.1 Å². The first-order valence-electron chi connectivity index (χ1n) is 4.81. The number of hydrogen-bond donors (Lipinski definition) is 1. The van der Waals surface area contributed by atoms with Gasteiger partial charge in [0.2, 0.25) is 0 Å². The van der Waals surface area contributed by atoms with Crippen molar-refractivity contribution in [2.45, 2.75) is 37.8 Å². The summed E-state index contributed by atoms with van der Waals surface area (Å²) in [6, 6.07) is 1.72. The normalized spacial score (nSPS) is 39.0. The summed E-state index contributed by atoms with van der Waals surface area (Å²) in [7, 11) is 2.09. The molecule has 1 saturated heterocycles. The van der Waals surface area contributed by atoms with Gasteiger partial charge in [-0.3, -0.25) is 0 Å². The lowest BCUT2D eigenvalue weighted by molar-refractivity contribution is 0.119. The Morgan fingerprint density at radius 1 is 1.27 bits per heavy atom. The predicted octanol–water partition coefficient (Wildman–Crippen LogP) is 0.833. The summed E-state index contributed by atoms with van der Waals surface area (Å²) in [4.78, 5) is 2.64. The Balaban J connectivity index is 1.79. The first kappa shape index (κ1) is 7.56. The fourth-order valence-electron chi connectivity index (χ4n) is 2.26. The van der Waals surface area contributed by atoms with Crippen molar-refractivity contribution >= 4 is 0 Å². The van der Waals surface area contributed by atoms with Crippen LogP contribution in [0.3, 0.4) is 0 Å². The molecule has 2 nitrogen and oxygen atoms in total. The van der Waals surface area contributed by atoms with E-state index in [4.69, 9.17) is 0 Å². The van der Waals surface area contributed by atoms with Crippen LogP contribution in [-0.2, 0) is 0 Å². The summed E-state index contributed by atoms with van der Waals surface area (Å²) in [6.45, 7) is 2.72. The second-order valence-corrected chi connectivity index (χ2v) is 3.84. The van der Waals surface area contributed by atoms with Crippen LogP contribution in [0.25, 0.3) is 0 Å². The molecule has 2 fully saturated rings. The Labute approximate surface area is 69.0 Å². The van der Waals surface area contributed by atoms with Crippen molar-refractivity contribution < 1.29 is 0 Å². The van der Waals surface area contributed by atoms with Crippen molar-refractivity contribution in [3.8, 4) is 0 Å². The van der Waals surface area contributed by atoms with Gasteiger partial charge in [-0.05, 0) is 45.8 Å². The number of nitrogens with one attached hydrogen (secondary N) is 1. The number of hydrogen-bond acceptors (Lipinski definition) is 2. The van der Waals surface area contributed by atoms with E-state index in [0.717, 1.165) is 12.1 Å². The molecule has 0 amide bonds. The predicted molar refractivity (Wildman–Crippen MR) is 46.7 cm³/mol. The van der Waals surface area contributed by atoms with E-state index in [1.165, 1.54) is 38.8 Å². The van der Waals surface area contributed by atoms with E-state index in [0.29, 0.717) is 0 Å². The molecular weight excluding hydrogens is 136 g/mol. The monoisotopic (exact) mass is 154 g/mol. The summed E-state index contributed by atoms with van der Waals surface area (Å²) in [5.74, 6) is 0. The topological polar surface area (TPSA) is 15.3 Å². The molecule has 0 aromatic heterocycles. The fourth-order valence-corrected chi connectivity index (χ4v) is 2.26. The molecule has 0 aromatic carbocycles.